The Labute approximate surface area is 103 Å². The number of likely N-dealkylation sites (N-methyl/N-ethyl adjacent to an activating group) is 1. The summed E-state index contributed by atoms with van der Waals surface area (Å²) in [7, 11) is 2.00. The van der Waals surface area contributed by atoms with Gasteiger partial charge in [-0.1, -0.05) is 0 Å². The fraction of sp³-hybridized carbons (Fsp3) is 0.692. The second-order valence-electron chi connectivity index (χ2n) is 5.05. The average molecular weight is 238 g/mol. The lowest BCUT2D eigenvalue weighted by Gasteiger charge is -2.19. The molecule has 1 aliphatic rings. The van der Waals surface area contributed by atoms with Crippen LogP contribution in [0.5, 0.6) is 0 Å². The molecule has 0 aliphatic heterocycles. The van der Waals surface area contributed by atoms with E-state index in [1.165, 1.54) is 12.8 Å². The van der Waals surface area contributed by atoms with E-state index in [1.54, 1.807) is 0 Å². The number of nitrogens with one attached hydrogen (secondary N) is 1. The lowest BCUT2D eigenvalue weighted by molar-refractivity contribution is 0.117. The van der Waals surface area contributed by atoms with Crippen LogP contribution in [0.25, 0.3) is 0 Å². The SMILES string of the molecule is Cc1ccc(CN(C)CC(O)CNC2CC2)o1. The van der Waals surface area contributed by atoms with Gasteiger partial charge in [0.1, 0.15) is 11.5 Å². The molecule has 1 aliphatic carbocycles. The number of aliphatic hydroxyl groups is 1. The molecule has 0 aromatic carbocycles. The zero-order valence-corrected chi connectivity index (χ0v) is 10.6. The highest BCUT2D eigenvalue weighted by Gasteiger charge is 2.21. The van der Waals surface area contributed by atoms with Gasteiger partial charge in [-0.3, -0.25) is 4.90 Å². The second kappa shape index (κ2) is 5.67. The Hall–Kier alpha value is -0.840. The van der Waals surface area contributed by atoms with Gasteiger partial charge in [0.2, 0.25) is 0 Å². The Morgan fingerprint density at radius 3 is 2.88 bits per heavy atom. The molecule has 2 rings (SSSR count). The highest BCUT2D eigenvalue weighted by Crippen LogP contribution is 2.18. The van der Waals surface area contributed by atoms with Crippen molar-refractivity contribution in [3.8, 4) is 0 Å². The van der Waals surface area contributed by atoms with Crippen LogP contribution < -0.4 is 5.32 Å². The molecule has 1 atom stereocenters. The summed E-state index contributed by atoms with van der Waals surface area (Å²) in [4.78, 5) is 2.08. The number of aliphatic hydroxyl groups excluding tert-OH is 1. The Bertz CT molecular complexity index is 347. The van der Waals surface area contributed by atoms with E-state index in [4.69, 9.17) is 4.42 Å². The monoisotopic (exact) mass is 238 g/mol. The Balaban J connectivity index is 1.66. The summed E-state index contributed by atoms with van der Waals surface area (Å²) in [6.45, 7) is 4.04. The minimum atomic E-state index is -0.309. The maximum atomic E-state index is 9.84. The van der Waals surface area contributed by atoms with Crippen LogP contribution in [0.2, 0.25) is 0 Å². The topological polar surface area (TPSA) is 48.6 Å². The Morgan fingerprint density at radius 2 is 2.29 bits per heavy atom. The highest BCUT2D eigenvalue weighted by molar-refractivity contribution is 5.05. The summed E-state index contributed by atoms with van der Waals surface area (Å²) in [5.74, 6) is 1.89. The van der Waals surface area contributed by atoms with Crippen LogP contribution in [-0.4, -0.2) is 42.3 Å². The van der Waals surface area contributed by atoms with Crippen molar-refractivity contribution in [2.24, 2.45) is 0 Å². The molecule has 1 unspecified atom stereocenters. The van der Waals surface area contributed by atoms with Gasteiger partial charge in [0, 0.05) is 19.1 Å². The van der Waals surface area contributed by atoms with Crippen LogP contribution in [0, 0.1) is 6.92 Å². The molecule has 4 nitrogen and oxygen atoms in total. The first kappa shape index (κ1) is 12.6. The zero-order valence-electron chi connectivity index (χ0n) is 10.6. The molecule has 0 amide bonds. The van der Waals surface area contributed by atoms with Crippen molar-refractivity contribution in [1.82, 2.24) is 10.2 Å². The van der Waals surface area contributed by atoms with E-state index >= 15 is 0 Å². The van der Waals surface area contributed by atoms with E-state index in [9.17, 15) is 5.11 Å². The van der Waals surface area contributed by atoms with Gasteiger partial charge in [0.15, 0.2) is 0 Å². The third-order valence-corrected chi connectivity index (χ3v) is 2.96. The van der Waals surface area contributed by atoms with Gasteiger partial charge >= 0.3 is 0 Å². The summed E-state index contributed by atoms with van der Waals surface area (Å²) in [6, 6.07) is 4.61. The van der Waals surface area contributed by atoms with E-state index in [0.29, 0.717) is 19.1 Å². The van der Waals surface area contributed by atoms with Crippen LogP contribution in [0.4, 0.5) is 0 Å². The molecule has 4 heteroatoms. The standard InChI is InChI=1S/C13H22N2O2/c1-10-3-6-13(17-10)9-15(2)8-12(16)7-14-11-4-5-11/h3,6,11-12,14,16H,4-5,7-9H2,1-2H3. The smallest absolute Gasteiger partial charge is 0.118 e. The normalized spacial score (nSPS) is 17.6. The van der Waals surface area contributed by atoms with Crippen LogP contribution >= 0.6 is 0 Å². The summed E-state index contributed by atoms with van der Waals surface area (Å²) < 4.78 is 5.50. The minimum absolute atomic E-state index is 0.309. The van der Waals surface area contributed by atoms with Crippen molar-refractivity contribution in [3.63, 3.8) is 0 Å². The average Bonchev–Trinajstić information content (AvgIpc) is 3.00. The largest absolute Gasteiger partial charge is 0.465 e. The van der Waals surface area contributed by atoms with Crippen molar-refractivity contribution >= 4 is 0 Å². The quantitative estimate of drug-likeness (QED) is 0.747. The molecule has 17 heavy (non-hydrogen) atoms. The first-order chi connectivity index (χ1) is 8.13. The van der Waals surface area contributed by atoms with E-state index in [1.807, 2.05) is 26.1 Å². The van der Waals surface area contributed by atoms with Crippen molar-refractivity contribution in [1.29, 1.82) is 0 Å². The Morgan fingerprint density at radius 1 is 1.53 bits per heavy atom. The molecule has 1 aromatic heterocycles. The molecule has 0 spiro atoms. The maximum absolute atomic E-state index is 9.84. The summed E-state index contributed by atoms with van der Waals surface area (Å²) >= 11 is 0. The number of hydrogen-bond donors (Lipinski definition) is 2. The fourth-order valence-corrected chi connectivity index (χ4v) is 1.92. The Kier molecular flexibility index (Phi) is 4.20. The first-order valence-electron chi connectivity index (χ1n) is 6.29. The second-order valence-corrected chi connectivity index (χ2v) is 5.05. The maximum Gasteiger partial charge on any atom is 0.118 e. The van der Waals surface area contributed by atoms with Crippen LogP contribution in [0.3, 0.4) is 0 Å². The van der Waals surface area contributed by atoms with E-state index in [-0.39, 0.29) is 6.10 Å². The number of aryl methyl sites for hydroxylation is 1. The molecule has 0 radical (unpaired) electrons. The summed E-state index contributed by atoms with van der Waals surface area (Å²) in [6.07, 6.45) is 2.21. The fourth-order valence-electron chi connectivity index (χ4n) is 1.92. The molecule has 2 N–H and O–H groups in total. The summed E-state index contributed by atoms with van der Waals surface area (Å²) in [5.41, 5.74) is 0. The highest BCUT2D eigenvalue weighted by atomic mass is 16.3. The van der Waals surface area contributed by atoms with Crippen molar-refractivity contribution in [2.75, 3.05) is 20.1 Å². The number of nitrogens with zero attached hydrogens (tertiary/aromatic N) is 1. The minimum Gasteiger partial charge on any atom is -0.465 e. The van der Waals surface area contributed by atoms with Gasteiger partial charge in [0.05, 0.1) is 12.6 Å². The third-order valence-electron chi connectivity index (χ3n) is 2.96. The third kappa shape index (κ3) is 4.50. The van der Waals surface area contributed by atoms with Crippen molar-refractivity contribution in [3.05, 3.63) is 23.7 Å². The van der Waals surface area contributed by atoms with Gasteiger partial charge in [-0.2, -0.15) is 0 Å². The van der Waals surface area contributed by atoms with Gasteiger partial charge in [-0.15, -0.1) is 0 Å². The molecule has 0 bridgehead atoms. The molecule has 0 saturated heterocycles. The first-order valence-corrected chi connectivity index (χ1v) is 6.29. The molecule has 96 valence electrons. The van der Waals surface area contributed by atoms with Gasteiger partial charge in [0.25, 0.3) is 0 Å². The predicted octanol–water partition coefficient (Wildman–Crippen LogP) is 1.13. The molecule has 1 saturated carbocycles. The lowest BCUT2D eigenvalue weighted by atomic mass is 10.3. The van der Waals surface area contributed by atoms with Crippen molar-refractivity contribution in [2.45, 2.75) is 38.5 Å². The number of rotatable bonds is 7. The lowest BCUT2D eigenvalue weighted by Crippen LogP contribution is -2.37. The van der Waals surface area contributed by atoms with Gasteiger partial charge in [-0.25, -0.2) is 0 Å². The zero-order chi connectivity index (χ0) is 12.3. The van der Waals surface area contributed by atoms with Crippen LogP contribution in [-0.2, 0) is 6.54 Å². The number of furan rings is 1. The molecular formula is C13H22N2O2. The molecule has 1 heterocycles. The van der Waals surface area contributed by atoms with E-state index in [0.717, 1.165) is 18.1 Å². The van der Waals surface area contributed by atoms with Gasteiger partial charge in [-0.05, 0) is 38.9 Å². The van der Waals surface area contributed by atoms with Crippen molar-refractivity contribution < 1.29 is 9.52 Å². The van der Waals surface area contributed by atoms with Gasteiger partial charge < -0.3 is 14.8 Å². The van der Waals surface area contributed by atoms with Crippen LogP contribution in [0.1, 0.15) is 24.4 Å². The predicted molar refractivity (Wildman–Crippen MR) is 66.8 cm³/mol. The number of hydrogen-bond acceptors (Lipinski definition) is 4. The van der Waals surface area contributed by atoms with E-state index in [2.05, 4.69) is 10.2 Å². The molecular weight excluding hydrogens is 216 g/mol. The van der Waals surface area contributed by atoms with Crippen LogP contribution in [0.15, 0.2) is 16.5 Å². The molecule has 1 fully saturated rings. The van der Waals surface area contributed by atoms with E-state index < -0.39 is 0 Å². The summed E-state index contributed by atoms with van der Waals surface area (Å²) in [5, 5.41) is 13.2. The molecule has 1 aromatic rings.